The summed E-state index contributed by atoms with van der Waals surface area (Å²) < 4.78 is 0. The molecule has 0 atom stereocenters. The summed E-state index contributed by atoms with van der Waals surface area (Å²) in [5.41, 5.74) is 5.13. The molecule has 3 rings (SSSR count). The van der Waals surface area contributed by atoms with Crippen LogP contribution < -0.4 is 0 Å². The molecule has 2 heteroatoms. The Bertz CT molecular complexity index is 558. The lowest BCUT2D eigenvalue weighted by molar-refractivity contribution is 0.120. The van der Waals surface area contributed by atoms with Gasteiger partial charge in [0, 0.05) is 22.0 Å². The van der Waals surface area contributed by atoms with Gasteiger partial charge in [0.15, 0.2) is 0 Å². The smallest absolute Gasteiger partial charge is 0.0527 e. The lowest BCUT2D eigenvalue weighted by Crippen LogP contribution is -2.37. The number of aliphatic hydroxyl groups excluding tert-OH is 1. The van der Waals surface area contributed by atoms with Crippen LogP contribution in [0.1, 0.15) is 36.1 Å². The molecule has 0 unspecified atom stereocenters. The minimum absolute atomic E-state index is 0.0474. The lowest BCUT2D eigenvalue weighted by atomic mass is 9.65. The quantitative estimate of drug-likeness (QED) is 0.815. The summed E-state index contributed by atoms with van der Waals surface area (Å²) in [7, 11) is 0. The highest BCUT2D eigenvalue weighted by atomic mass is 16.3. The molecule has 0 saturated heterocycles. The van der Waals surface area contributed by atoms with Crippen molar-refractivity contribution in [3.8, 4) is 0 Å². The van der Waals surface area contributed by atoms with Crippen molar-refractivity contribution >= 4 is 10.9 Å². The van der Waals surface area contributed by atoms with Gasteiger partial charge in [0.1, 0.15) is 0 Å². The highest BCUT2D eigenvalue weighted by Gasteiger charge is 2.38. The van der Waals surface area contributed by atoms with Crippen molar-refractivity contribution in [3.05, 3.63) is 35.0 Å². The van der Waals surface area contributed by atoms with E-state index in [0.29, 0.717) is 0 Å². The number of hydrogen-bond donors (Lipinski definition) is 2. The molecule has 0 bridgehead atoms. The molecule has 1 aliphatic rings. The number of H-pyrrole nitrogens is 1. The molecule has 17 heavy (non-hydrogen) atoms. The van der Waals surface area contributed by atoms with Crippen LogP contribution >= 0.6 is 0 Å². The predicted molar refractivity (Wildman–Crippen MR) is 70.4 cm³/mol. The number of aromatic amines is 1. The molecule has 90 valence electrons. The van der Waals surface area contributed by atoms with Gasteiger partial charge in [-0.3, -0.25) is 0 Å². The lowest BCUT2D eigenvalue weighted by Gasteiger charge is -2.41. The number of aliphatic hydroxyl groups is 1. The second-order valence-corrected chi connectivity index (χ2v) is 5.43. The third-order valence-electron chi connectivity index (χ3n) is 4.53. The van der Waals surface area contributed by atoms with E-state index < -0.39 is 0 Å². The minimum Gasteiger partial charge on any atom is -0.395 e. The first kappa shape index (κ1) is 10.8. The zero-order valence-electron chi connectivity index (χ0n) is 10.5. The molecule has 0 spiro atoms. The molecule has 2 nitrogen and oxygen atoms in total. The van der Waals surface area contributed by atoms with Crippen molar-refractivity contribution in [1.82, 2.24) is 4.98 Å². The monoisotopic (exact) mass is 229 g/mol. The Labute approximate surface area is 102 Å². The summed E-state index contributed by atoms with van der Waals surface area (Å²) in [4.78, 5) is 3.40. The maximum atomic E-state index is 9.63. The molecule has 1 aromatic carbocycles. The Kier molecular flexibility index (Phi) is 2.30. The molecule has 1 heterocycles. The maximum Gasteiger partial charge on any atom is 0.0527 e. The fourth-order valence-electron chi connectivity index (χ4n) is 2.93. The van der Waals surface area contributed by atoms with E-state index >= 15 is 0 Å². The van der Waals surface area contributed by atoms with Crippen molar-refractivity contribution in [2.75, 3.05) is 6.61 Å². The Morgan fingerprint density at radius 1 is 1.29 bits per heavy atom. The van der Waals surface area contributed by atoms with Crippen LogP contribution in [0.4, 0.5) is 0 Å². The molecule has 2 N–H and O–H groups in total. The highest BCUT2D eigenvalue weighted by Crippen LogP contribution is 2.44. The number of aromatic nitrogens is 1. The number of hydrogen-bond acceptors (Lipinski definition) is 1. The van der Waals surface area contributed by atoms with E-state index in [9.17, 15) is 5.11 Å². The van der Waals surface area contributed by atoms with Crippen LogP contribution in [0, 0.1) is 13.8 Å². The summed E-state index contributed by atoms with van der Waals surface area (Å²) in [6, 6.07) is 6.59. The molecule has 1 saturated carbocycles. The third kappa shape index (κ3) is 1.44. The Morgan fingerprint density at radius 2 is 2.06 bits per heavy atom. The maximum absolute atomic E-state index is 9.63. The highest BCUT2D eigenvalue weighted by molar-refractivity contribution is 5.85. The molecule has 1 fully saturated rings. The first-order chi connectivity index (χ1) is 8.16. The second kappa shape index (κ2) is 3.61. The number of nitrogens with one attached hydrogen (secondary N) is 1. The number of fused-ring (bicyclic) bond motifs is 1. The molecule has 0 aliphatic heterocycles. The van der Waals surface area contributed by atoms with Gasteiger partial charge in [0.2, 0.25) is 0 Å². The fraction of sp³-hybridized carbons (Fsp3) is 0.467. The van der Waals surface area contributed by atoms with E-state index in [0.717, 1.165) is 12.8 Å². The van der Waals surface area contributed by atoms with Crippen molar-refractivity contribution in [2.24, 2.45) is 0 Å². The third-order valence-corrected chi connectivity index (χ3v) is 4.53. The fourth-order valence-corrected chi connectivity index (χ4v) is 2.93. The largest absolute Gasteiger partial charge is 0.395 e. The van der Waals surface area contributed by atoms with Gasteiger partial charge in [0.05, 0.1) is 6.61 Å². The van der Waals surface area contributed by atoms with Crippen molar-refractivity contribution in [1.29, 1.82) is 0 Å². The minimum atomic E-state index is 0.0474. The molecular weight excluding hydrogens is 210 g/mol. The first-order valence-electron chi connectivity index (χ1n) is 6.36. The summed E-state index contributed by atoms with van der Waals surface area (Å²) in [6.45, 7) is 4.55. The Balaban J connectivity index is 2.15. The van der Waals surface area contributed by atoms with E-state index in [1.54, 1.807) is 0 Å². The SMILES string of the molecule is Cc1[nH]c2ccc(C3(CO)CCC3)cc2c1C. The number of aryl methyl sites for hydroxylation is 2. The molecule has 2 aromatic rings. The second-order valence-electron chi connectivity index (χ2n) is 5.43. The van der Waals surface area contributed by atoms with Gasteiger partial charge in [-0.2, -0.15) is 0 Å². The van der Waals surface area contributed by atoms with Crippen molar-refractivity contribution in [3.63, 3.8) is 0 Å². The van der Waals surface area contributed by atoms with Gasteiger partial charge in [-0.05, 0) is 49.9 Å². The molecule has 1 aliphatic carbocycles. The summed E-state index contributed by atoms with van der Waals surface area (Å²) in [5, 5.41) is 10.9. The van der Waals surface area contributed by atoms with Crippen LogP contribution in [0.25, 0.3) is 10.9 Å². The Hall–Kier alpha value is -1.28. The molecule has 0 radical (unpaired) electrons. The first-order valence-corrected chi connectivity index (χ1v) is 6.36. The average Bonchev–Trinajstić information content (AvgIpc) is 2.55. The summed E-state index contributed by atoms with van der Waals surface area (Å²) in [6.07, 6.45) is 3.48. The predicted octanol–water partition coefficient (Wildman–Crippen LogP) is 3.20. The van der Waals surface area contributed by atoms with Gasteiger partial charge in [0.25, 0.3) is 0 Å². The van der Waals surface area contributed by atoms with Crippen LogP contribution in [-0.2, 0) is 5.41 Å². The molecule has 0 amide bonds. The van der Waals surface area contributed by atoms with Gasteiger partial charge >= 0.3 is 0 Å². The van der Waals surface area contributed by atoms with Crippen LogP contribution in [-0.4, -0.2) is 16.7 Å². The van der Waals surface area contributed by atoms with Crippen molar-refractivity contribution < 1.29 is 5.11 Å². The molecular formula is C15H19NO. The average molecular weight is 229 g/mol. The number of benzene rings is 1. The van der Waals surface area contributed by atoms with E-state index in [-0.39, 0.29) is 12.0 Å². The summed E-state index contributed by atoms with van der Waals surface area (Å²) in [5.74, 6) is 0. The standard InChI is InChI=1S/C15H19NO/c1-10-11(2)16-14-5-4-12(8-13(10)14)15(9-17)6-3-7-15/h4-5,8,16-17H,3,6-7,9H2,1-2H3. The Morgan fingerprint density at radius 3 is 2.65 bits per heavy atom. The van der Waals surface area contributed by atoms with Crippen molar-refractivity contribution in [2.45, 2.75) is 38.5 Å². The number of rotatable bonds is 2. The molecule has 1 aromatic heterocycles. The van der Waals surface area contributed by atoms with E-state index in [4.69, 9.17) is 0 Å². The van der Waals surface area contributed by atoms with Gasteiger partial charge in [-0.1, -0.05) is 12.5 Å². The van der Waals surface area contributed by atoms with Gasteiger partial charge in [-0.25, -0.2) is 0 Å². The topological polar surface area (TPSA) is 36.0 Å². The van der Waals surface area contributed by atoms with Crippen LogP contribution in [0.15, 0.2) is 18.2 Å². The normalized spacial score (nSPS) is 18.3. The summed E-state index contributed by atoms with van der Waals surface area (Å²) >= 11 is 0. The van der Waals surface area contributed by atoms with E-state index in [1.165, 1.54) is 34.1 Å². The van der Waals surface area contributed by atoms with Gasteiger partial charge < -0.3 is 10.1 Å². The van der Waals surface area contributed by atoms with Crippen LogP contribution in [0.2, 0.25) is 0 Å². The van der Waals surface area contributed by atoms with E-state index in [1.807, 2.05) is 0 Å². The van der Waals surface area contributed by atoms with Crippen LogP contribution in [0.3, 0.4) is 0 Å². The van der Waals surface area contributed by atoms with E-state index in [2.05, 4.69) is 37.0 Å². The van der Waals surface area contributed by atoms with Gasteiger partial charge in [-0.15, -0.1) is 0 Å². The van der Waals surface area contributed by atoms with Crippen LogP contribution in [0.5, 0.6) is 0 Å². The zero-order valence-corrected chi connectivity index (χ0v) is 10.5. The zero-order chi connectivity index (χ0) is 12.0.